The van der Waals surface area contributed by atoms with Crippen LogP contribution in [0.5, 0.6) is 0 Å². The fraction of sp³-hybridized carbons (Fsp3) is 0.706. The van der Waals surface area contributed by atoms with Crippen LogP contribution in [-0.4, -0.2) is 5.78 Å². The molecule has 0 amide bonds. The Balaban J connectivity index is 1.77. The molecule has 1 heterocycles. The maximum Gasteiger partial charge on any atom is 0.169 e. The lowest BCUT2D eigenvalue weighted by Gasteiger charge is -2.64. The average Bonchev–Trinajstić information content (AvgIpc) is 2.75. The van der Waals surface area contributed by atoms with Gasteiger partial charge in [-0.05, 0) is 66.7 Å². The Bertz CT molecular complexity index is 511. The summed E-state index contributed by atoms with van der Waals surface area (Å²) in [6.07, 6.45) is 7.51. The average molecular weight is 274 g/mol. The summed E-state index contributed by atoms with van der Waals surface area (Å²) in [7, 11) is 0. The maximum absolute atomic E-state index is 13.1. The molecule has 2 unspecified atom stereocenters. The van der Waals surface area contributed by atoms with Crippen molar-refractivity contribution >= 4 is 17.1 Å². The number of rotatable bonds is 2. The minimum absolute atomic E-state index is 0.0238. The normalized spacial score (nSPS) is 47.6. The monoisotopic (exact) mass is 274 g/mol. The third-order valence-electron chi connectivity index (χ3n) is 5.89. The molecule has 4 aliphatic rings. The molecular formula is C17H22OS. The molecule has 102 valence electrons. The van der Waals surface area contributed by atoms with E-state index < -0.39 is 0 Å². The van der Waals surface area contributed by atoms with Crippen LogP contribution >= 0.6 is 11.3 Å². The van der Waals surface area contributed by atoms with Crippen LogP contribution in [0.3, 0.4) is 0 Å². The third-order valence-corrected chi connectivity index (χ3v) is 6.57. The number of hydrogen-bond donors (Lipinski definition) is 0. The van der Waals surface area contributed by atoms with Gasteiger partial charge < -0.3 is 0 Å². The summed E-state index contributed by atoms with van der Waals surface area (Å²) >= 11 is 1.65. The first-order valence-corrected chi connectivity index (χ1v) is 8.44. The van der Waals surface area contributed by atoms with Crippen LogP contribution in [0.15, 0.2) is 16.8 Å². The van der Waals surface area contributed by atoms with Crippen molar-refractivity contribution in [2.24, 2.45) is 22.2 Å². The van der Waals surface area contributed by atoms with Gasteiger partial charge in [-0.2, -0.15) is 11.3 Å². The van der Waals surface area contributed by atoms with Crippen LogP contribution in [0.2, 0.25) is 0 Å². The van der Waals surface area contributed by atoms with E-state index in [0.29, 0.717) is 16.6 Å². The Morgan fingerprint density at radius 3 is 2.37 bits per heavy atom. The second kappa shape index (κ2) is 3.52. The van der Waals surface area contributed by atoms with Gasteiger partial charge in [0.15, 0.2) is 5.78 Å². The molecule has 1 aromatic rings. The van der Waals surface area contributed by atoms with E-state index in [0.717, 1.165) is 30.7 Å². The largest absolute Gasteiger partial charge is 0.294 e. The summed E-state index contributed by atoms with van der Waals surface area (Å²) in [4.78, 5) is 13.1. The Kier molecular flexibility index (Phi) is 2.25. The Labute approximate surface area is 119 Å². The highest BCUT2D eigenvalue weighted by Crippen LogP contribution is 2.70. The van der Waals surface area contributed by atoms with Crippen molar-refractivity contribution in [3.63, 3.8) is 0 Å². The van der Waals surface area contributed by atoms with Gasteiger partial charge >= 0.3 is 0 Å². The summed E-state index contributed by atoms with van der Waals surface area (Å²) in [5, 5.41) is 4.09. The molecule has 0 radical (unpaired) electrons. The van der Waals surface area contributed by atoms with Crippen molar-refractivity contribution < 1.29 is 4.79 Å². The van der Waals surface area contributed by atoms with Crippen molar-refractivity contribution in [2.45, 2.75) is 52.4 Å². The van der Waals surface area contributed by atoms with Gasteiger partial charge in [0, 0.05) is 16.4 Å². The van der Waals surface area contributed by atoms with Crippen molar-refractivity contribution in [2.75, 3.05) is 0 Å². The lowest BCUT2D eigenvalue weighted by Crippen LogP contribution is -2.57. The second-order valence-electron chi connectivity index (χ2n) is 8.25. The smallest absolute Gasteiger partial charge is 0.169 e. The van der Waals surface area contributed by atoms with Gasteiger partial charge in [0.2, 0.25) is 0 Å². The first-order chi connectivity index (χ1) is 8.92. The highest BCUT2D eigenvalue weighted by molar-refractivity contribution is 7.08. The van der Waals surface area contributed by atoms with E-state index in [1.807, 2.05) is 16.8 Å². The van der Waals surface area contributed by atoms with Crippen molar-refractivity contribution in [1.29, 1.82) is 0 Å². The zero-order chi connectivity index (χ0) is 13.3. The standard InChI is InChI=1S/C17H22OS/c1-15-5-12-6-16(2,9-15)11-17(7-12,10-15)14(18)13-3-4-19-8-13/h3-4,8,12H,5-7,9-11H2,1-2H3. The van der Waals surface area contributed by atoms with Crippen LogP contribution in [0.25, 0.3) is 0 Å². The van der Waals surface area contributed by atoms with Crippen molar-refractivity contribution in [1.82, 2.24) is 0 Å². The molecule has 0 aromatic carbocycles. The number of Topliss-reactive ketones (excluding diaryl/α,β-unsaturated/α-hetero) is 1. The molecule has 5 rings (SSSR count). The summed E-state index contributed by atoms with van der Waals surface area (Å²) in [6.45, 7) is 4.87. The molecular weight excluding hydrogens is 252 g/mol. The van der Waals surface area contributed by atoms with Gasteiger partial charge in [-0.15, -0.1) is 0 Å². The number of ketones is 1. The van der Waals surface area contributed by atoms with Crippen molar-refractivity contribution in [3.05, 3.63) is 22.4 Å². The number of thiophene rings is 1. The fourth-order valence-corrected chi connectivity index (χ4v) is 7.04. The molecule has 2 heteroatoms. The quantitative estimate of drug-likeness (QED) is 0.699. The minimum atomic E-state index is -0.0238. The van der Waals surface area contributed by atoms with E-state index >= 15 is 0 Å². The molecule has 0 spiro atoms. The topological polar surface area (TPSA) is 17.1 Å². The van der Waals surface area contributed by atoms with Gasteiger partial charge in [0.1, 0.15) is 0 Å². The van der Waals surface area contributed by atoms with E-state index in [4.69, 9.17) is 0 Å². The van der Waals surface area contributed by atoms with E-state index in [2.05, 4.69) is 13.8 Å². The van der Waals surface area contributed by atoms with Crippen LogP contribution in [0.1, 0.15) is 62.7 Å². The summed E-state index contributed by atoms with van der Waals surface area (Å²) in [6, 6.07) is 2.02. The zero-order valence-corrected chi connectivity index (χ0v) is 12.7. The second-order valence-corrected chi connectivity index (χ2v) is 9.03. The van der Waals surface area contributed by atoms with Gasteiger partial charge in [0.25, 0.3) is 0 Å². The Hall–Kier alpha value is -0.630. The molecule has 2 atom stereocenters. The number of carbonyl (C=O) groups excluding carboxylic acids is 1. The fourth-order valence-electron chi connectivity index (χ4n) is 6.40. The van der Waals surface area contributed by atoms with E-state index in [-0.39, 0.29) is 5.41 Å². The number of carbonyl (C=O) groups is 1. The predicted molar refractivity (Wildman–Crippen MR) is 78.5 cm³/mol. The Morgan fingerprint density at radius 1 is 1.16 bits per heavy atom. The summed E-state index contributed by atoms with van der Waals surface area (Å²) in [5.74, 6) is 1.25. The van der Waals surface area contributed by atoms with Crippen LogP contribution in [-0.2, 0) is 0 Å². The highest BCUT2D eigenvalue weighted by Gasteiger charge is 2.62. The van der Waals surface area contributed by atoms with E-state index in [1.165, 1.54) is 19.3 Å². The predicted octanol–water partition coefficient (Wildman–Crippen LogP) is 4.93. The highest BCUT2D eigenvalue weighted by atomic mass is 32.1. The number of hydrogen-bond acceptors (Lipinski definition) is 2. The molecule has 4 aliphatic carbocycles. The van der Waals surface area contributed by atoms with Gasteiger partial charge in [-0.1, -0.05) is 13.8 Å². The summed E-state index contributed by atoms with van der Waals surface area (Å²) in [5.41, 5.74) is 1.81. The van der Waals surface area contributed by atoms with E-state index in [9.17, 15) is 4.79 Å². The molecule has 4 saturated carbocycles. The van der Waals surface area contributed by atoms with Crippen LogP contribution in [0, 0.1) is 22.2 Å². The van der Waals surface area contributed by atoms with Crippen molar-refractivity contribution in [3.8, 4) is 0 Å². The van der Waals surface area contributed by atoms with Gasteiger partial charge in [0.05, 0.1) is 0 Å². The molecule has 0 N–H and O–H groups in total. The molecule has 4 bridgehead atoms. The molecule has 0 aliphatic heterocycles. The van der Waals surface area contributed by atoms with Gasteiger partial charge in [-0.3, -0.25) is 4.79 Å². The SMILES string of the molecule is CC12CC3CC(C)(C1)CC(C(=O)c1ccsc1)(C3)C2. The molecule has 4 fully saturated rings. The summed E-state index contributed by atoms with van der Waals surface area (Å²) < 4.78 is 0. The van der Waals surface area contributed by atoms with E-state index in [1.54, 1.807) is 11.3 Å². The lowest BCUT2D eigenvalue weighted by molar-refractivity contribution is -0.125. The molecule has 0 saturated heterocycles. The molecule has 19 heavy (non-hydrogen) atoms. The molecule has 1 aromatic heterocycles. The molecule has 1 nitrogen and oxygen atoms in total. The first-order valence-electron chi connectivity index (χ1n) is 7.49. The first kappa shape index (κ1) is 12.1. The third kappa shape index (κ3) is 1.68. The zero-order valence-electron chi connectivity index (χ0n) is 11.9. The minimum Gasteiger partial charge on any atom is -0.294 e. The van der Waals surface area contributed by atoms with Crippen LogP contribution < -0.4 is 0 Å². The van der Waals surface area contributed by atoms with Crippen LogP contribution in [0.4, 0.5) is 0 Å². The Morgan fingerprint density at radius 2 is 1.84 bits per heavy atom. The van der Waals surface area contributed by atoms with Gasteiger partial charge in [-0.25, -0.2) is 0 Å². The maximum atomic E-state index is 13.1. The lowest BCUT2D eigenvalue weighted by atomic mass is 9.39.